The van der Waals surface area contributed by atoms with E-state index in [-0.39, 0.29) is 4.70 Å². The van der Waals surface area contributed by atoms with Crippen LogP contribution in [0, 0.1) is 0 Å². The fourth-order valence-electron chi connectivity index (χ4n) is 3.79. The SMILES string of the molecule is C[N+](C)(C1CCCCC1)C1CCCCC1.[F-]. The van der Waals surface area contributed by atoms with Crippen LogP contribution in [0.25, 0.3) is 0 Å². The third kappa shape index (κ3) is 2.97. The lowest BCUT2D eigenvalue weighted by molar-refractivity contribution is -0.941. The molecule has 0 heterocycles. The maximum absolute atomic E-state index is 2.51. The van der Waals surface area contributed by atoms with Crippen molar-refractivity contribution in [2.24, 2.45) is 0 Å². The quantitative estimate of drug-likeness (QED) is 0.613. The van der Waals surface area contributed by atoms with E-state index in [0.29, 0.717) is 0 Å². The molecule has 1 nitrogen and oxygen atoms in total. The fourth-order valence-corrected chi connectivity index (χ4v) is 3.79. The molecule has 0 saturated heterocycles. The van der Waals surface area contributed by atoms with Crippen molar-refractivity contribution in [3.05, 3.63) is 0 Å². The van der Waals surface area contributed by atoms with Gasteiger partial charge >= 0.3 is 0 Å². The van der Waals surface area contributed by atoms with Crippen LogP contribution in [-0.2, 0) is 0 Å². The average molecular weight is 229 g/mol. The maximum atomic E-state index is 2.51. The van der Waals surface area contributed by atoms with Gasteiger partial charge in [-0.1, -0.05) is 12.8 Å². The van der Waals surface area contributed by atoms with E-state index >= 15 is 0 Å². The summed E-state index contributed by atoms with van der Waals surface area (Å²) in [6, 6.07) is 1.95. The Morgan fingerprint density at radius 2 is 0.938 bits per heavy atom. The summed E-state index contributed by atoms with van der Waals surface area (Å²) in [7, 11) is 5.01. The minimum atomic E-state index is 0. The summed E-state index contributed by atoms with van der Waals surface area (Å²) >= 11 is 0. The van der Waals surface area contributed by atoms with Gasteiger partial charge in [-0.25, -0.2) is 0 Å². The predicted octanol–water partition coefficient (Wildman–Crippen LogP) is 0.732. The number of quaternary nitrogens is 1. The predicted molar refractivity (Wildman–Crippen MR) is 65.9 cm³/mol. The zero-order chi connectivity index (χ0) is 10.7. The van der Waals surface area contributed by atoms with Crippen LogP contribution in [0.15, 0.2) is 0 Å². The first-order chi connectivity index (χ1) is 7.21. The lowest BCUT2D eigenvalue weighted by atomic mass is 9.87. The number of hydrogen-bond acceptors (Lipinski definition) is 0. The average Bonchev–Trinajstić information content (AvgIpc) is 2.31. The molecule has 2 fully saturated rings. The van der Waals surface area contributed by atoms with Gasteiger partial charge in [0.05, 0.1) is 26.2 Å². The van der Waals surface area contributed by atoms with Gasteiger partial charge in [-0.2, -0.15) is 0 Å². The van der Waals surface area contributed by atoms with Crippen molar-refractivity contribution in [2.75, 3.05) is 14.1 Å². The Hall–Kier alpha value is -0.110. The molecule has 0 spiro atoms. The standard InChI is InChI=1S/C14H28N.FH/c1-15(2,13-9-5-3-6-10-13)14-11-7-4-8-12-14;/h13-14H,3-12H2,1-2H3;1H/q+1;/p-1. The minimum absolute atomic E-state index is 0. The Bertz CT molecular complexity index is 171. The second kappa shape index (κ2) is 6.00. The van der Waals surface area contributed by atoms with Crippen LogP contribution in [0.4, 0.5) is 0 Å². The Balaban J connectivity index is 0.00000128. The molecular formula is C14H28FN. The zero-order valence-corrected chi connectivity index (χ0v) is 11.1. The summed E-state index contributed by atoms with van der Waals surface area (Å²) < 4.78 is 1.33. The van der Waals surface area contributed by atoms with Gasteiger partial charge in [0.1, 0.15) is 0 Å². The van der Waals surface area contributed by atoms with Gasteiger partial charge in [0.15, 0.2) is 0 Å². The Morgan fingerprint density at radius 3 is 1.25 bits per heavy atom. The normalized spacial score (nSPS) is 25.1. The highest BCUT2D eigenvalue weighted by atomic mass is 19.0. The third-order valence-electron chi connectivity index (χ3n) is 5.03. The fraction of sp³-hybridized carbons (Fsp3) is 1.00. The monoisotopic (exact) mass is 229 g/mol. The summed E-state index contributed by atoms with van der Waals surface area (Å²) in [4.78, 5) is 0. The summed E-state index contributed by atoms with van der Waals surface area (Å²) in [6.45, 7) is 0. The molecule has 96 valence electrons. The lowest BCUT2D eigenvalue weighted by Gasteiger charge is -2.47. The second-order valence-electron chi connectivity index (χ2n) is 6.21. The number of nitrogens with zero attached hydrogens (tertiary/aromatic N) is 1. The van der Waals surface area contributed by atoms with Gasteiger partial charge in [-0.3, -0.25) is 0 Å². The van der Waals surface area contributed by atoms with Crippen molar-refractivity contribution in [1.82, 2.24) is 0 Å². The van der Waals surface area contributed by atoms with Crippen molar-refractivity contribution in [3.63, 3.8) is 0 Å². The highest BCUT2D eigenvalue weighted by Crippen LogP contribution is 2.33. The first-order valence-electron chi connectivity index (χ1n) is 7.04. The Morgan fingerprint density at radius 1 is 0.625 bits per heavy atom. The molecule has 2 saturated carbocycles. The molecule has 0 bridgehead atoms. The van der Waals surface area contributed by atoms with Crippen molar-refractivity contribution in [1.29, 1.82) is 0 Å². The van der Waals surface area contributed by atoms with Crippen LogP contribution in [-0.4, -0.2) is 30.7 Å². The highest BCUT2D eigenvalue weighted by molar-refractivity contribution is 4.72. The topological polar surface area (TPSA) is 0 Å². The third-order valence-corrected chi connectivity index (χ3v) is 5.03. The number of halogens is 1. The molecule has 2 rings (SSSR count). The van der Waals surface area contributed by atoms with Gasteiger partial charge in [-0.05, 0) is 51.4 Å². The smallest absolute Gasteiger partial charge is 0.0888 e. The van der Waals surface area contributed by atoms with E-state index in [1.807, 2.05) is 0 Å². The van der Waals surface area contributed by atoms with E-state index in [1.165, 1.54) is 68.7 Å². The van der Waals surface area contributed by atoms with Crippen LogP contribution < -0.4 is 4.70 Å². The highest BCUT2D eigenvalue weighted by Gasteiger charge is 2.37. The van der Waals surface area contributed by atoms with Crippen molar-refractivity contribution < 1.29 is 9.19 Å². The maximum Gasteiger partial charge on any atom is 0.0888 e. The van der Waals surface area contributed by atoms with E-state index in [0.717, 1.165) is 12.1 Å². The van der Waals surface area contributed by atoms with Crippen LogP contribution in [0.2, 0.25) is 0 Å². The molecule has 2 aliphatic carbocycles. The van der Waals surface area contributed by atoms with Crippen molar-refractivity contribution >= 4 is 0 Å². The minimum Gasteiger partial charge on any atom is -1.00 e. The summed E-state index contributed by atoms with van der Waals surface area (Å²) in [5, 5.41) is 0. The molecule has 0 amide bonds. The van der Waals surface area contributed by atoms with Gasteiger partial charge in [0, 0.05) is 0 Å². The van der Waals surface area contributed by atoms with E-state index in [2.05, 4.69) is 14.1 Å². The first-order valence-corrected chi connectivity index (χ1v) is 7.04. The molecule has 0 radical (unpaired) electrons. The molecular weight excluding hydrogens is 201 g/mol. The molecule has 0 atom stereocenters. The second-order valence-corrected chi connectivity index (χ2v) is 6.21. The van der Waals surface area contributed by atoms with Crippen LogP contribution >= 0.6 is 0 Å². The summed E-state index contributed by atoms with van der Waals surface area (Å²) in [5.74, 6) is 0. The lowest BCUT2D eigenvalue weighted by Crippen LogP contribution is -3.00. The molecule has 0 aliphatic heterocycles. The van der Waals surface area contributed by atoms with Crippen LogP contribution in [0.1, 0.15) is 64.2 Å². The molecule has 16 heavy (non-hydrogen) atoms. The van der Waals surface area contributed by atoms with E-state index in [4.69, 9.17) is 0 Å². The molecule has 0 aromatic carbocycles. The molecule has 2 aliphatic rings. The zero-order valence-electron chi connectivity index (χ0n) is 11.1. The summed E-state index contributed by atoms with van der Waals surface area (Å²) in [5.41, 5.74) is 0. The van der Waals surface area contributed by atoms with Gasteiger partial charge in [-0.15, -0.1) is 0 Å². The van der Waals surface area contributed by atoms with E-state index in [9.17, 15) is 0 Å². The van der Waals surface area contributed by atoms with Crippen LogP contribution in [0.3, 0.4) is 0 Å². The van der Waals surface area contributed by atoms with E-state index in [1.54, 1.807) is 0 Å². The number of hydrogen-bond donors (Lipinski definition) is 0. The van der Waals surface area contributed by atoms with E-state index < -0.39 is 0 Å². The Labute approximate surface area is 100 Å². The van der Waals surface area contributed by atoms with Crippen LogP contribution in [0.5, 0.6) is 0 Å². The molecule has 0 N–H and O–H groups in total. The Kier molecular flexibility index (Phi) is 5.23. The number of rotatable bonds is 2. The largest absolute Gasteiger partial charge is 1.00 e. The molecule has 0 aromatic heterocycles. The van der Waals surface area contributed by atoms with Crippen molar-refractivity contribution in [3.8, 4) is 0 Å². The van der Waals surface area contributed by atoms with Gasteiger partial charge in [0.2, 0.25) is 0 Å². The van der Waals surface area contributed by atoms with Gasteiger partial charge in [0.25, 0.3) is 0 Å². The summed E-state index contributed by atoms with van der Waals surface area (Å²) in [6.07, 6.45) is 14.9. The molecule has 0 aromatic rings. The first kappa shape index (κ1) is 14.0. The van der Waals surface area contributed by atoms with Crippen molar-refractivity contribution in [2.45, 2.75) is 76.3 Å². The van der Waals surface area contributed by atoms with Gasteiger partial charge < -0.3 is 9.19 Å². The molecule has 2 heteroatoms. The molecule has 0 unspecified atom stereocenters.